The number of anilines is 2. The second-order valence-corrected chi connectivity index (χ2v) is 4.11. The van der Waals surface area contributed by atoms with Crippen LogP contribution in [0.5, 0.6) is 0 Å². The van der Waals surface area contributed by atoms with Crippen molar-refractivity contribution in [3.63, 3.8) is 0 Å². The molecule has 2 heterocycles. The average molecular weight is 210 g/mol. The van der Waals surface area contributed by atoms with Crippen molar-refractivity contribution in [1.29, 1.82) is 0 Å². The molecule has 1 fully saturated rings. The predicted octanol–water partition coefficient (Wildman–Crippen LogP) is 0.659. The minimum absolute atomic E-state index is 0.0612. The van der Waals surface area contributed by atoms with Crippen molar-refractivity contribution in [2.24, 2.45) is 5.92 Å². The third-order valence-electron chi connectivity index (χ3n) is 2.15. The molecule has 1 saturated heterocycles. The van der Waals surface area contributed by atoms with Gasteiger partial charge in [-0.15, -0.1) is 16.8 Å². The van der Waals surface area contributed by atoms with Crippen molar-refractivity contribution in [2.75, 3.05) is 17.2 Å². The van der Waals surface area contributed by atoms with Gasteiger partial charge in [-0.1, -0.05) is 17.4 Å². The zero-order chi connectivity index (χ0) is 10.1. The predicted molar refractivity (Wildman–Crippen MR) is 55.0 cm³/mol. The van der Waals surface area contributed by atoms with Gasteiger partial charge in [0, 0.05) is 18.9 Å². The first-order valence-electron chi connectivity index (χ1n) is 4.22. The third-order valence-corrected chi connectivity index (χ3v) is 2.92. The van der Waals surface area contributed by atoms with Gasteiger partial charge in [0.15, 0.2) is 0 Å². The van der Waals surface area contributed by atoms with E-state index in [2.05, 4.69) is 16.8 Å². The molecule has 0 bridgehead atoms. The van der Waals surface area contributed by atoms with Crippen LogP contribution in [0.2, 0.25) is 0 Å². The Labute approximate surface area is 85.2 Å². The summed E-state index contributed by atoms with van der Waals surface area (Å²) in [6, 6.07) is 0. The summed E-state index contributed by atoms with van der Waals surface area (Å²) in [4.78, 5) is 13.1. The largest absolute Gasteiger partial charge is 0.374 e. The molecule has 1 amide bonds. The lowest BCUT2D eigenvalue weighted by Crippen LogP contribution is -2.24. The molecule has 0 spiro atoms. The van der Waals surface area contributed by atoms with Crippen molar-refractivity contribution in [2.45, 2.75) is 6.42 Å². The molecule has 74 valence electrons. The second kappa shape index (κ2) is 3.38. The number of hydrogen-bond donors (Lipinski definition) is 1. The van der Waals surface area contributed by atoms with E-state index in [9.17, 15) is 4.79 Å². The van der Waals surface area contributed by atoms with Crippen molar-refractivity contribution >= 4 is 27.5 Å². The summed E-state index contributed by atoms with van der Waals surface area (Å²) in [7, 11) is 0. The van der Waals surface area contributed by atoms with Crippen LogP contribution in [-0.4, -0.2) is 22.6 Å². The Balaban J connectivity index is 2.20. The standard InChI is InChI=1S/C8H10N4OS/c1-2-5-3-6(13)12(4-5)8-11-10-7(9)14-8/h2,5H,1,3-4H2,(H2,9,10). The molecule has 14 heavy (non-hydrogen) atoms. The summed E-state index contributed by atoms with van der Waals surface area (Å²) in [5, 5.41) is 8.47. The monoisotopic (exact) mass is 210 g/mol. The number of hydrogen-bond acceptors (Lipinski definition) is 5. The van der Waals surface area contributed by atoms with Gasteiger partial charge in [0.05, 0.1) is 0 Å². The zero-order valence-electron chi connectivity index (χ0n) is 7.51. The van der Waals surface area contributed by atoms with Crippen LogP contribution in [0.15, 0.2) is 12.7 Å². The quantitative estimate of drug-likeness (QED) is 0.728. The fraction of sp³-hybridized carbons (Fsp3) is 0.375. The molecule has 2 rings (SSSR count). The topological polar surface area (TPSA) is 72.1 Å². The summed E-state index contributed by atoms with van der Waals surface area (Å²) in [5.41, 5.74) is 5.45. The van der Waals surface area contributed by atoms with Crippen molar-refractivity contribution in [3.05, 3.63) is 12.7 Å². The van der Waals surface area contributed by atoms with E-state index in [4.69, 9.17) is 5.73 Å². The smallest absolute Gasteiger partial charge is 0.229 e. The number of nitrogens with two attached hydrogens (primary N) is 1. The Bertz CT molecular complexity index is 375. The summed E-state index contributed by atoms with van der Waals surface area (Å²) in [6.45, 7) is 4.31. The van der Waals surface area contributed by atoms with Crippen molar-refractivity contribution in [3.8, 4) is 0 Å². The molecular formula is C8H10N4OS. The molecule has 0 aliphatic carbocycles. The zero-order valence-corrected chi connectivity index (χ0v) is 8.33. The first-order valence-corrected chi connectivity index (χ1v) is 5.04. The van der Waals surface area contributed by atoms with Gasteiger partial charge in [-0.2, -0.15) is 0 Å². The average Bonchev–Trinajstić information content (AvgIpc) is 2.71. The summed E-state index contributed by atoms with van der Waals surface area (Å²) < 4.78 is 0. The van der Waals surface area contributed by atoms with E-state index < -0.39 is 0 Å². The van der Waals surface area contributed by atoms with Crippen LogP contribution in [0.1, 0.15) is 6.42 Å². The minimum Gasteiger partial charge on any atom is -0.374 e. The molecule has 6 heteroatoms. The minimum atomic E-state index is 0.0612. The van der Waals surface area contributed by atoms with Crippen LogP contribution < -0.4 is 10.6 Å². The number of carbonyl (C=O) groups excluding carboxylic acids is 1. The molecule has 1 aromatic rings. The SMILES string of the molecule is C=CC1CC(=O)N(c2nnc(N)s2)C1. The highest BCUT2D eigenvalue weighted by atomic mass is 32.1. The van der Waals surface area contributed by atoms with E-state index in [1.54, 1.807) is 11.0 Å². The Kier molecular flexibility index (Phi) is 2.20. The van der Waals surface area contributed by atoms with Crippen LogP contribution in [0.25, 0.3) is 0 Å². The molecule has 1 aromatic heterocycles. The fourth-order valence-corrected chi connectivity index (χ4v) is 2.05. The molecule has 1 aliphatic rings. The van der Waals surface area contributed by atoms with Gasteiger partial charge in [0.2, 0.25) is 16.2 Å². The van der Waals surface area contributed by atoms with E-state index in [1.165, 1.54) is 11.3 Å². The van der Waals surface area contributed by atoms with E-state index in [-0.39, 0.29) is 11.8 Å². The second-order valence-electron chi connectivity index (χ2n) is 3.13. The molecule has 5 nitrogen and oxygen atoms in total. The van der Waals surface area contributed by atoms with Gasteiger partial charge < -0.3 is 5.73 Å². The number of nitrogens with zero attached hydrogens (tertiary/aromatic N) is 3. The Morgan fingerprint density at radius 2 is 2.43 bits per heavy atom. The highest BCUT2D eigenvalue weighted by Crippen LogP contribution is 2.28. The molecular weight excluding hydrogens is 200 g/mol. The summed E-state index contributed by atoms with van der Waals surface area (Å²) in [6.07, 6.45) is 2.30. The maximum Gasteiger partial charge on any atom is 0.229 e. The van der Waals surface area contributed by atoms with Crippen molar-refractivity contribution in [1.82, 2.24) is 10.2 Å². The number of aromatic nitrogens is 2. The first kappa shape index (κ1) is 9.14. The highest BCUT2D eigenvalue weighted by molar-refractivity contribution is 7.19. The maximum atomic E-state index is 11.5. The van der Waals surface area contributed by atoms with Crippen LogP contribution in [0.4, 0.5) is 10.3 Å². The lowest BCUT2D eigenvalue weighted by atomic mass is 10.1. The number of amides is 1. The van der Waals surface area contributed by atoms with E-state index >= 15 is 0 Å². The van der Waals surface area contributed by atoms with Gasteiger partial charge >= 0.3 is 0 Å². The fourth-order valence-electron chi connectivity index (χ4n) is 1.41. The summed E-state index contributed by atoms with van der Waals surface area (Å²) in [5.74, 6) is 0.277. The highest BCUT2D eigenvalue weighted by Gasteiger charge is 2.30. The molecule has 0 aromatic carbocycles. The first-order chi connectivity index (χ1) is 6.70. The van der Waals surface area contributed by atoms with Crippen LogP contribution >= 0.6 is 11.3 Å². The molecule has 0 saturated carbocycles. The molecule has 1 aliphatic heterocycles. The molecule has 1 unspecified atom stereocenters. The lowest BCUT2D eigenvalue weighted by Gasteiger charge is -2.10. The lowest BCUT2D eigenvalue weighted by molar-refractivity contribution is -0.117. The molecule has 0 radical (unpaired) electrons. The normalized spacial score (nSPS) is 21.6. The van der Waals surface area contributed by atoms with Crippen LogP contribution in [-0.2, 0) is 4.79 Å². The van der Waals surface area contributed by atoms with Crippen LogP contribution in [0, 0.1) is 5.92 Å². The van der Waals surface area contributed by atoms with E-state index in [0.717, 1.165) is 0 Å². The van der Waals surface area contributed by atoms with E-state index in [0.29, 0.717) is 23.2 Å². The number of carbonyl (C=O) groups is 1. The third kappa shape index (κ3) is 1.48. The Morgan fingerprint density at radius 3 is 2.93 bits per heavy atom. The number of rotatable bonds is 2. The summed E-state index contributed by atoms with van der Waals surface area (Å²) >= 11 is 1.23. The number of nitrogen functional groups attached to an aromatic ring is 1. The molecule has 1 atom stereocenters. The van der Waals surface area contributed by atoms with Gasteiger partial charge in [0.25, 0.3) is 0 Å². The molecule has 2 N–H and O–H groups in total. The van der Waals surface area contributed by atoms with E-state index in [1.807, 2.05) is 0 Å². The van der Waals surface area contributed by atoms with Gasteiger partial charge in [-0.25, -0.2) is 0 Å². The van der Waals surface area contributed by atoms with Crippen LogP contribution in [0.3, 0.4) is 0 Å². The van der Waals surface area contributed by atoms with Crippen molar-refractivity contribution < 1.29 is 4.79 Å². The van der Waals surface area contributed by atoms with Gasteiger partial charge in [-0.05, 0) is 0 Å². The Morgan fingerprint density at radius 1 is 1.64 bits per heavy atom. The Hall–Kier alpha value is -1.43. The maximum absolute atomic E-state index is 11.5. The van der Waals surface area contributed by atoms with Gasteiger partial charge in [0.1, 0.15) is 0 Å². The van der Waals surface area contributed by atoms with Gasteiger partial charge in [-0.3, -0.25) is 9.69 Å².